The smallest absolute Gasteiger partial charge is 0.277 e. The number of hydrogen-bond donors (Lipinski definition) is 1. The molecule has 9 heteroatoms. The van der Waals surface area contributed by atoms with E-state index >= 15 is 0 Å². The van der Waals surface area contributed by atoms with E-state index in [0.29, 0.717) is 0 Å². The molecular formula is C9H4Cl3N5O. The number of halogens is 3. The topological polar surface area (TPSA) is 80.7 Å². The minimum atomic E-state index is -0.532. The minimum absolute atomic E-state index is 0.0455. The first-order valence-electron chi connectivity index (χ1n) is 4.53. The molecule has 0 aliphatic rings. The van der Waals surface area contributed by atoms with Crippen LogP contribution in [0.25, 0.3) is 0 Å². The highest BCUT2D eigenvalue weighted by Gasteiger charge is 2.13. The van der Waals surface area contributed by atoms with Gasteiger partial charge in [0, 0.05) is 0 Å². The molecule has 0 bridgehead atoms. The highest BCUT2D eigenvalue weighted by molar-refractivity contribution is 6.43. The molecule has 6 nitrogen and oxygen atoms in total. The summed E-state index contributed by atoms with van der Waals surface area (Å²) in [6, 6.07) is 0. The van der Waals surface area contributed by atoms with Crippen LogP contribution in [0, 0.1) is 0 Å². The molecule has 0 fully saturated rings. The molecule has 0 radical (unpaired) electrons. The molecule has 2 rings (SSSR count). The maximum absolute atomic E-state index is 11.8. The first-order valence-corrected chi connectivity index (χ1v) is 5.66. The quantitative estimate of drug-likeness (QED) is 0.862. The zero-order valence-corrected chi connectivity index (χ0v) is 10.8. The first kappa shape index (κ1) is 12.9. The van der Waals surface area contributed by atoms with Gasteiger partial charge in [0.2, 0.25) is 0 Å². The van der Waals surface area contributed by atoms with E-state index in [0.717, 1.165) is 0 Å². The van der Waals surface area contributed by atoms with Crippen LogP contribution in [0.4, 0.5) is 5.82 Å². The summed E-state index contributed by atoms with van der Waals surface area (Å²) in [5.41, 5.74) is 0.0743. The maximum atomic E-state index is 11.8. The monoisotopic (exact) mass is 303 g/mol. The van der Waals surface area contributed by atoms with E-state index in [2.05, 4.69) is 25.3 Å². The van der Waals surface area contributed by atoms with Crippen molar-refractivity contribution >= 4 is 46.5 Å². The third kappa shape index (κ3) is 2.84. The standard InChI is InChI=1S/C9H4Cl3N5O/c10-5-2-13-4(1-14-5)9(18)17-8-6(11)7(12)15-3-16-8/h1-3H,(H,15,16,17,18). The van der Waals surface area contributed by atoms with Crippen LogP contribution in [-0.2, 0) is 0 Å². The van der Waals surface area contributed by atoms with Crippen molar-refractivity contribution in [3.05, 3.63) is 39.7 Å². The Morgan fingerprint density at radius 3 is 2.50 bits per heavy atom. The third-order valence-electron chi connectivity index (χ3n) is 1.83. The highest BCUT2D eigenvalue weighted by atomic mass is 35.5. The van der Waals surface area contributed by atoms with Gasteiger partial charge in [-0.2, -0.15) is 0 Å². The van der Waals surface area contributed by atoms with Crippen molar-refractivity contribution in [3.63, 3.8) is 0 Å². The Bertz CT molecular complexity index is 589. The van der Waals surface area contributed by atoms with Crippen molar-refractivity contribution < 1.29 is 4.79 Å². The molecule has 2 aromatic rings. The molecule has 2 aromatic heterocycles. The molecule has 18 heavy (non-hydrogen) atoms. The zero-order valence-electron chi connectivity index (χ0n) is 8.56. The number of nitrogens with zero attached hydrogens (tertiary/aromatic N) is 4. The zero-order chi connectivity index (χ0) is 13.1. The Morgan fingerprint density at radius 2 is 1.83 bits per heavy atom. The van der Waals surface area contributed by atoms with Crippen LogP contribution in [0.15, 0.2) is 18.7 Å². The highest BCUT2D eigenvalue weighted by Crippen LogP contribution is 2.25. The van der Waals surface area contributed by atoms with Gasteiger partial charge in [0.1, 0.15) is 22.2 Å². The summed E-state index contributed by atoms with van der Waals surface area (Å²) < 4.78 is 0. The largest absolute Gasteiger partial charge is 0.304 e. The molecule has 0 aliphatic carbocycles. The minimum Gasteiger partial charge on any atom is -0.304 e. The maximum Gasteiger partial charge on any atom is 0.277 e. The Kier molecular flexibility index (Phi) is 3.90. The van der Waals surface area contributed by atoms with Crippen LogP contribution >= 0.6 is 34.8 Å². The van der Waals surface area contributed by atoms with E-state index in [1.807, 2.05) is 0 Å². The molecule has 0 spiro atoms. The fraction of sp³-hybridized carbons (Fsp3) is 0. The number of aromatic nitrogens is 4. The lowest BCUT2D eigenvalue weighted by Crippen LogP contribution is -2.15. The Balaban J connectivity index is 2.21. The number of carbonyl (C=O) groups excluding carboxylic acids is 1. The number of rotatable bonds is 2. The third-order valence-corrected chi connectivity index (χ3v) is 2.77. The molecule has 0 saturated carbocycles. The molecule has 0 saturated heterocycles. The van der Waals surface area contributed by atoms with Crippen molar-refractivity contribution in [2.24, 2.45) is 0 Å². The van der Waals surface area contributed by atoms with Crippen molar-refractivity contribution in [2.75, 3.05) is 5.32 Å². The number of carbonyl (C=O) groups is 1. The molecule has 0 atom stereocenters. The summed E-state index contributed by atoms with van der Waals surface area (Å²) in [6.07, 6.45) is 3.66. The molecular weight excluding hydrogens is 300 g/mol. The molecule has 92 valence electrons. The lowest BCUT2D eigenvalue weighted by Gasteiger charge is -2.05. The molecule has 0 aliphatic heterocycles. The molecule has 0 aromatic carbocycles. The lowest BCUT2D eigenvalue weighted by atomic mass is 10.4. The van der Waals surface area contributed by atoms with Crippen LogP contribution in [-0.4, -0.2) is 25.8 Å². The summed E-state index contributed by atoms with van der Waals surface area (Å²) in [6.45, 7) is 0. The SMILES string of the molecule is O=C(Nc1ncnc(Cl)c1Cl)c1cnc(Cl)cn1. The second-order valence-electron chi connectivity index (χ2n) is 3.01. The van der Waals surface area contributed by atoms with Gasteiger partial charge in [-0.3, -0.25) is 4.79 Å². The summed E-state index contributed by atoms with van der Waals surface area (Å²) in [7, 11) is 0. The van der Waals surface area contributed by atoms with Crippen LogP contribution in [0.1, 0.15) is 10.5 Å². The summed E-state index contributed by atoms with van der Waals surface area (Å²) in [4.78, 5) is 26.7. The summed E-state index contributed by atoms with van der Waals surface area (Å²) >= 11 is 17.1. The van der Waals surface area contributed by atoms with Gasteiger partial charge in [0.05, 0.1) is 12.4 Å². The fourth-order valence-electron chi connectivity index (χ4n) is 1.04. The van der Waals surface area contributed by atoms with Gasteiger partial charge >= 0.3 is 0 Å². The van der Waals surface area contributed by atoms with E-state index < -0.39 is 5.91 Å². The van der Waals surface area contributed by atoms with Crippen molar-refractivity contribution in [3.8, 4) is 0 Å². The van der Waals surface area contributed by atoms with E-state index in [4.69, 9.17) is 34.8 Å². The Hall–Kier alpha value is -1.50. The van der Waals surface area contributed by atoms with E-state index in [1.165, 1.54) is 18.7 Å². The van der Waals surface area contributed by atoms with Crippen LogP contribution in [0.3, 0.4) is 0 Å². The van der Waals surface area contributed by atoms with Gasteiger partial charge in [-0.15, -0.1) is 0 Å². The number of anilines is 1. The van der Waals surface area contributed by atoms with Crippen molar-refractivity contribution in [2.45, 2.75) is 0 Å². The fourth-order valence-corrected chi connectivity index (χ4v) is 1.41. The van der Waals surface area contributed by atoms with E-state index in [1.54, 1.807) is 0 Å². The predicted octanol–water partition coefficient (Wildman–Crippen LogP) is 2.48. The molecule has 2 heterocycles. The number of amides is 1. The number of hydrogen-bond acceptors (Lipinski definition) is 5. The second kappa shape index (κ2) is 5.43. The van der Waals surface area contributed by atoms with Crippen molar-refractivity contribution in [1.29, 1.82) is 0 Å². The van der Waals surface area contributed by atoms with E-state index in [9.17, 15) is 4.79 Å². The summed E-state index contributed by atoms with van der Waals surface area (Å²) in [5, 5.41) is 2.72. The van der Waals surface area contributed by atoms with E-state index in [-0.39, 0.29) is 26.8 Å². The van der Waals surface area contributed by atoms with Gasteiger partial charge in [-0.05, 0) is 0 Å². The number of nitrogens with one attached hydrogen (secondary N) is 1. The van der Waals surface area contributed by atoms with Gasteiger partial charge in [-0.25, -0.2) is 19.9 Å². The molecule has 0 unspecified atom stereocenters. The normalized spacial score (nSPS) is 10.2. The molecule has 1 amide bonds. The molecule has 1 N–H and O–H groups in total. The predicted molar refractivity (Wildman–Crippen MR) is 67.0 cm³/mol. The first-order chi connectivity index (χ1) is 8.58. The van der Waals surface area contributed by atoms with Crippen LogP contribution in [0.2, 0.25) is 15.3 Å². The Morgan fingerprint density at radius 1 is 1.06 bits per heavy atom. The van der Waals surface area contributed by atoms with Crippen molar-refractivity contribution in [1.82, 2.24) is 19.9 Å². The van der Waals surface area contributed by atoms with Gasteiger partial charge in [0.15, 0.2) is 11.0 Å². The van der Waals surface area contributed by atoms with Crippen LogP contribution < -0.4 is 5.32 Å². The van der Waals surface area contributed by atoms with Crippen LogP contribution in [0.5, 0.6) is 0 Å². The van der Waals surface area contributed by atoms with Gasteiger partial charge < -0.3 is 5.32 Å². The summed E-state index contributed by atoms with van der Waals surface area (Å²) in [5.74, 6) is -0.436. The average Bonchev–Trinajstić information content (AvgIpc) is 2.36. The average molecular weight is 305 g/mol. The van der Waals surface area contributed by atoms with Gasteiger partial charge in [-0.1, -0.05) is 34.8 Å². The lowest BCUT2D eigenvalue weighted by molar-refractivity contribution is 0.102. The van der Waals surface area contributed by atoms with Gasteiger partial charge in [0.25, 0.3) is 5.91 Å². The second-order valence-corrected chi connectivity index (χ2v) is 4.13. The Labute approximate surface area is 116 Å².